The number of hydrogen-bond donors (Lipinski definition) is 1. The Kier molecular flexibility index (Phi) is 7.68. The molecule has 3 aromatic rings. The van der Waals surface area contributed by atoms with Crippen LogP contribution in [0.4, 0.5) is 4.39 Å². The molecule has 1 N–H and O–H groups in total. The van der Waals surface area contributed by atoms with Crippen LogP contribution in [0.3, 0.4) is 0 Å². The van der Waals surface area contributed by atoms with Crippen LogP contribution in [0.1, 0.15) is 28.4 Å². The number of likely N-dealkylation sites (N-methyl/N-ethyl adjacent to an activating group) is 1. The van der Waals surface area contributed by atoms with Gasteiger partial charge in [-0.2, -0.15) is 0 Å². The first-order chi connectivity index (χ1) is 17.7. The van der Waals surface area contributed by atoms with Crippen LogP contribution < -0.4 is 5.32 Å². The molecule has 4 rings (SSSR count). The van der Waals surface area contributed by atoms with Crippen molar-refractivity contribution in [1.82, 2.24) is 14.5 Å². The molecule has 0 fully saturated rings. The van der Waals surface area contributed by atoms with Crippen molar-refractivity contribution in [3.05, 3.63) is 101 Å². The summed E-state index contributed by atoms with van der Waals surface area (Å²) in [5, 5.41) is 2.74. The SMILES string of the molecule is CCNC(=O)[C@H](Cc1ccccc1)N(Cc1ccc(F)cc1)C(=O)CN1C(=O)c2ccccc2S1(=O)=O. The van der Waals surface area contributed by atoms with Crippen molar-refractivity contribution >= 4 is 27.7 Å². The molecule has 0 spiro atoms. The van der Waals surface area contributed by atoms with Crippen molar-refractivity contribution in [2.24, 2.45) is 0 Å². The summed E-state index contributed by atoms with van der Waals surface area (Å²) in [4.78, 5) is 40.9. The van der Waals surface area contributed by atoms with Gasteiger partial charge in [-0.1, -0.05) is 54.6 Å². The number of halogens is 1. The summed E-state index contributed by atoms with van der Waals surface area (Å²) in [6, 6.07) is 19.3. The first-order valence-corrected chi connectivity index (χ1v) is 13.2. The molecule has 0 unspecified atom stereocenters. The van der Waals surface area contributed by atoms with E-state index in [-0.39, 0.29) is 23.4 Å². The molecule has 1 heterocycles. The zero-order chi connectivity index (χ0) is 26.6. The average Bonchev–Trinajstić information content (AvgIpc) is 3.08. The normalized spacial score (nSPS) is 14.6. The fourth-order valence-corrected chi connectivity index (χ4v) is 5.75. The van der Waals surface area contributed by atoms with Crippen molar-refractivity contribution in [3.8, 4) is 0 Å². The van der Waals surface area contributed by atoms with Crippen molar-refractivity contribution in [3.63, 3.8) is 0 Å². The van der Waals surface area contributed by atoms with Gasteiger partial charge in [0.25, 0.3) is 15.9 Å². The summed E-state index contributed by atoms with van der Waals surface area (Å²) < 4.78 is 40.2. The lowest BCUT2D eigenvalue weighted by Gasteiger charge is -2.32. The lowest BCUT2D eigenvalue weighted by atomic mass is 10.0. The molecule has 0 aliphatic carbocycles. The zero-order valence-electron chi connectivity index (χ0n) is 20.1. The van der Waals surface area contributed by atoms with E-state index in [0.717, 1.165) is 5.56 Å². The predicted molar refractivity (Wildman–Crippen MR) is 134 cm³/mol. The van der Waals surface area contributed by atoms with Gasteiger partial charge in [0.2, 0.25) is 11.8 Å². The third-order valence-corrected chi connectivity index (χ3v) is 7.87. The number of rotatable bonds is 9. The summed E-state index contributed by atoms with van der Waals surface area (Å²) in [5.41, 5.74) is 1.31. The predicted octanol–water partition coefficient (Wildman–Crippen LogP) is 2.75. The Bertz CT molecular complexity index is 1410. The largest absolute Gasteiger partial charge is 0.355 e. The average molecular weight is 524 g/mol. The van der Waals surface area contributed by atoms with E-state index < -0.39 is 46.1 Å². The molecule has 1 aliphatic rings. The van der Waals surface area contributed by atoms with Gasteiger partial charge in [0, 0.05) is 19.5 Å². The highest BCUT2D eigenvalue weighted by Crippen LogP contribution is 2.30. The van der Waals surface area contributed by atoms with E-state index in [1.54, 1.807) is 13.0 Å². The molecule has 3 amide bonds. The Hall–Kier alpha value is -4.05. The third kappa shape index (κ3) is 5.54. The maximum absolute atomic E-state index is 13.7. The third-order valence-electron chi connectivity index (χ3n) is 6.08. The van der Waals surface area contributed by atoms with Crippen LogP contribution >= 0.6 is 0 Å². The van der Waals surface area contributed by atoms with Gasteiger partial charge in [-0.25, -0.2) is 17.1 Å². The topological polar surface area (TPSA) is 104 Å². The van der Waals surface area contributed by atoms with Gasteiger partial charge in [0.05, 0.1) is 5.56 Å². The maximum atomic E-state index is 13.7. The molecule has 3 aromatic carbocycles. The molecule has 0 radical (unpaired) electrons. The summed E-state index contributed by atoms with van der Waals surface area (Å²) in [7, 11) is -4.23. The molecule has 10 heteroatoms. The van der Waals surface area contributed by atoms with Gasteiger partial charge < -0.3 is 10.2 Å². The number of benzene rings is 3. The zero-order valence-corrected chi connectivity index (χ0v) is 20.9. The van der Waals surface area contributed by atoms with E-state index >= 15 is 0 Å². The summed E-state index contributed by atoms with van der Waals surface area (Å²) in [6.45, 7) is 1.19. The first-order valence-electron chi connectivity index (χ1n) is 11.7. The van der Waals surface area contributed by atoms with Gasteiger partial charge in [-0.05, 0) is 42.3 Å². The number of carbonyl (C=O) groups is 3. The van der Waals surface area contributed by atoms with Gasteiger partial charge in [-0.15, -0.1) is 0 Å². The molecule has 1 atom stereocenters. The smallest absolute Gasteiger partial charge is 0.269 e. The van der Waals surface area contributed by atoms with Crippen LogP contribution in [-0.2, 0) is 32.6 Å². The van der Waals surface area contributed by atoms with Crippen molar-refractivity contribution in [2.45, 2.75) is 30.8 Å². The number of sulfonamides is 1. The highest BCUT2D eigenvalue weighted by Gasteiger charge is 2.43. The molecule has 8 nitrogen and oxygen atoms in total. The maximum Gasteiger partial charge on any atom is 0.269 e. The quantitative estimate of drug-likeness (QED) is 0.465. The number of amides is 3. The number of hydrogen-bond acceptors (Lipinski definition) is 5. The van der Waals surface area contributed by atoms with Crippen molar-refractivity contribution in [1.29, 1.82) is 0 Å². The minimum absolute atomic E-state index is 0.00931. The minimum atomic E-state index is -4.23. The second-order valence-corrected chi connectivity index (χ2v) is 10.4. The number of carbonyl (C=O) groups excluding carboxylic acids is 3. The van der Waals surface area contributed by atoms with Crippen molar-refractivity contribution < 1.29 is 27.2 Å². The van der Waals surface area contributed by atoms with Crippen LogP contribution in [0.25, 0.3) is 0 Å². The van der Waals surface area contributed by atoms with Gasteiger partial charge >= 0.3 is 0 Å². The molecule has 0 saturated carbocycles. The highest BCUT2D eigenvalue weighted by atomic mass is 32.2. The molecule has 1 aliphatic heterocycles. The molecule has 0 aromatic heterocycles. The van der Waals surface area contributed by atoms with Crippen LogP contribution in [0.5, 0.6) is 0 Å². The summed E-state index contributed by atoms with van der Waals surface area (Å²) in [6.07, 6.45) is 0.153. The van der Waals surface area contributed by atoms with E-state index in [9.17, 15) is 27.2 Å². The lowest BCUT2D eigenvalue weighted by molar-refractivity contribution is -0.141. The number of nitrogens with zero attached hydrogens (tertiary/aromatic N) is 2. The molecule has 0 bridgehead atoms. The fourth-order valence-electron chi connectivity index (χ4n) is 4.23. The van der Waals surface area contributed by atoms with E-state index in [1.165, 1.54) is 47.4 Å². The van der Waals surface area contributed by atoms with E-state index in [2.05, 4.69) is 5.32 Å². The van der Waals surface area contributed by atoms with Crippen LogP contribution in [0, 0.1) is 5.82 Å². The second kappa shape index (κ2) is 10.9. The Morgan fingerprint density at radius 2 is 1.59 bits per heavy atom. The van der Waals surface area contributed by atoms with Crippen LogP contribution in [-0.4, -0.2) is 54.5 Å². The monoisotopic (exact) mass is 523 g/mol. The van der Waals surface area contributed by atoms with E-state index in [0.29, 0.717) is 16.4 Å². The molecule has 37 heavy (non-hydrogen) atoms. The molecule has 192 valence electrons. The van der Waals surface area contributed by atoms with E-state index in [4.69, 9.17) is 0 Å². The Balaban J connectivity index is 1.70. The van der Waals surface area contributed by atoms with Gasteiger partial charge in [0.1, 0.15) is 23.3 Å². The highest BCUT2D eigenvalue weighted by molar-refractivity contribution is 7.90. The Morgan fingerprint density at radius 3 is 2.24 bits per heavy atom. The Labute approximate surface area is 214 Å². The van der Waals surface area contributed by atoms with Crippen LogP contribution in [0.2, 0.25) is 0 Å². The fraction of sp³-hybridized carbons (Fsp3) is 0.222. The summed E-state index contributed by atoms with van der Waals surface area (Å²) in [5.74, 6) is -2.43. The van der Waals surface area contributed by atoms with E-state index in [1.807, 2.05) is 30.3 Å². The van der Waals surface area contributed by atoms with Crippen LogP contribution in [0.15, 0.2) is 83.8 Å². The second-order valence-electron chi connectivity index (χ2n) is 8.56. The molecule has 0 saturated heterocycles. The summed E-state index contributed by atoms with van der Waals surface area (Å²) >= 11 is 0. The standard InChI is InChI=1S/C27H26FN3O5S/c1-2-29-26(33)23(16-19-8-4-3-5-9-19)30(17-20-12-14-21(28)15-13-20)25(32)18-31-27(34)22-10-6-7-11-24(22)37(31,35)36/h3-15,23H,2,16-18H2,1H3,(H,29,33)/t23-/m0/s1. The minimum Gasteiger partial charge on any atom is -0.355 e. The molecular weight excluding hydrogens is 497 g/mol. The van der Waals surface area contributed by atoms with Crippen molar-refractivity contribution in [2.75, 3.05) is 13.1 Å². The molecular formula is C27H26FN3O5S. The Morgan fingerprint density at radius 1 is 0.946 bits per heavy atom. The number of nitrogens with one attached hydrogen (secondary N) is 1. The first kappa shape index (κ1) is 26.0. The van der Waals surface area contributed by atoms with Gasteiger partial charge in [0.15, 0.2) is 0 Å². The van der Waals surface area contributed by atoms with Gasteiger partial charge in [-0.3, -0.25) is 14.4 Å². The lowest BCUT2D eigenvalue weighted by Crippen LogP contribution is -2.53. The number of fused-ring (bicyclic) bond motifs is 1.